The number of hydrogen-bond acceptors (Lipinski definition) is 3. The number of pyridine rings is 1. The van der Waals surface area contributed by atoms with Gasteiger partial charge < -0.3 is 9.47 Å². The Kier molecular flexibility index (Phi) is 2.29. The number of nitrogens with zero attached hydrogens (tertiary/aromatic N) is 1. The van der Waals surface area contributed by atoms with Crippen LogP contribution in [0, 0.1) is 13.8 Å². The molecule has 3 nitrogen and oxygen atoms in total. The topological polar surface area (TPSA) is 31.4 Å². The lowest BCUT2D eigenvalue weighted by Gasteiger charge is -2.10. The minimum absolute atomic E-state index is 0.202. The second-order valence-electron chi connectivity index (χ2n) is 3.24. The van der Waals surface area contributed by atoms with Gasteiger partial charge in [-0.15, -0.1) is 0 Å². The Morgan fingerprint density at radius 2 is 2.00 bits per heavy atom. The first kappa shape index (κ1) is 8.66. The van der Waals surface area contributed by atoms with Crippen molar-refractivity contribution in [3.63, 3.8) is 0 Å². The van der Waals surface area contributed by atoms with Crippen LogP contribution in [-0.2, 0) is 9.47 Å². The molecule has 0 saturated carbocycles. The number of ether oxygens (including phenoxy) is 2. The van der Waals surface area contributed by atoms with E-state index in [1.54, 1.807) is 0 Å². The maximum absolute atomic E-state index is 5.37. The maximum Gasteiger partial charge on any atom is 0.185 e. The zero-order chi connectivity index (χ0) is 9.26. The van der Waals surface area contributed by atoms with E-state index in [1.807, 2.05) is 20.0 Å². The predicted octanol–water partition coefficient (Wildman–Crippen LogP) is 1.74. The monoisotopic (exact) mass is 179 g/mol. The first-order valence-corrected chi connectivity index (χ1v) is 4.44. The van der Waals surface area contributed by atoms with Crippen LogP contribution >= 0.6 is 0 Å². The molecule has 3 heteroatoms. The van der Waals surface area contributed by atoms with Gasteiger partial charge in [0.1, 0.15) is 0 Å². The molecule has 0 aromatic carbocycles. The molecule has 2 heterocycles. The first-order chi connectivity index (χ1) is 6.27. The number of rotatable bonds is 1. The van der Waals surface area contributed by atoms with E-state index in [0.29, 0.717) is 13.2 Å². The van der Waals surface area contributed by atoms with Crippen molar-refractivity contribution in [1.82, 2.24) is 4.98 Å². The zero-order valence-corrected chi connectivity index (χ0v) is 7.91. The van der Waals surface area contributed by atoms with Crippen molar-refractivity contribution >= 4 is 0 Å². The highest BCUT2D eigenvalue weighted by Crippen LogP contribution is 2.23. The summed E-state index contributed by atoms with van der Waals surface area (Å²) in [5, 5.41) is 0. The quantitative estimate of drug-likeness (QED) is 0.658. The molecule has 0 radical (unpaired) electrons. The van der Waals surface area contributed by atoms with Crippen LogP contribution in [-0.4, -0.2) is 18.2 Å². The molecule has 2 rings (SSSR count). The molecule has 1 fully saturated rings. The molecule has 1 aromatic heterocycles. The van der Waals surface area contributed by atoms with Gasteiger partial charge in [0.15, 0.2) is 6.29 Å². The summed E-state index contributed by atoms with van der Waals surface area (Å²) in [6.07, 6.45) is 1.62. The van der Waals surface area contributed by atoms with E-state index in [2.05, 4.69) is 11.1 Å². The molecule has 1 aliphatic rings. The minimum Gasteiger partial charge on any atom is -0.346 e. The van der Waals surface area contributed by atoms with Gasteiger partial charge in [0.05, 0.1) is 13.2 Å². The second kappa shape index (κ2) is 3.44. The molecule has 13 heavy (non-hydrogen) atoms. The molecule has 0 amide bonds. The molecule has 0 N–H and O–H groups in total. The Morgan fingerprint density at radius 3 is 2.62 bits per heavy atom. The van der Waals surface area contributed by atoms with Crippen LogP contribution in [0.2, 0.25) is 0 Å². The Balaban J connectivity index is 2.25. The third-order valence-electron chi connectivity index (χ3n) is 2.26. The standard InChI is InChI=1S/C10H13NO2/c1-7-5-9(6-11-8(7)2)10-12-3-4-13-10/h5-6,10H,3-4H2,1-2H3. The van der Waals surface area contributed by atoms with Crippen LogP contribution in [0.3, 0.4) is 0 Å². The largest absolute Gasteiger partial charge is 0.346 e. The van der Waals surface area contributed by atoms with Crippen LogP contribution in [0.15, 0.2) is 12.3 Å². The van der Waals surface area contributed by atoms with Gasteiger partial charge in [0.2, 0.25) is 0 Å². The normalized spacial score (nSPS) is 18.0. The smallest absolute Gasteiger partial charge is 0.185 e. The maximum atomic E-state index is 5.37. The predicted molar refractivity (Wildman–Crippen MR) is 48.4 cm³/mol. The highest BCUT2D eigenvalue weighted by molar-refractivity contribution is 5.23. The number of aryl methyl sites for hydroxylation is 2. The highest BCUT2D eigenvalue weighted by Gasteiger charge is 2.18. The summed E-state index contributed by atoms with van der Waals surface area (Å²) in [5.41, 5.74) is 3.25. The van der Waals surface area contributed by atoms with Gasteiger partial charge in [-0.3, -0.25) is 4.98 Å². The minimum atomic E-state index is -0.202. The van der Waals surface area contributed by atoms with Crippen molar-refractivity contribution in [2.75, 3.05) is 13.2 Å². The fourth-order valence-electron chi connectivity index (χ4n) is 1.34. The van der Waals surface area contributed by atoms with Gasteiger partial charge in [-0.05, 0) is 25.5 Å². The molecule has 1 aromatic rings. The van der Waals surface area contributed by atoms with Gasteiger partial charge in [-0.2, -0.15) is 0 Å². The number of hydrogen-bond donors (Lipinski definition) is 0. The van der Waals surface area contributed by atoms with E-state index in [9.17, 15) is 0 Å². The summed E-state index contributed by atoms with van der Waals surface area (Å²) in [6.45, 7) is 5.39. The van der Waals surface area contributed by atoms with E-state index in [0.717, 1.165) is 11.3 Å². The second-order valence-corrected chi connectivity index (χ2v) is 3.24. The zero-order valence-electron chi connectivity index (χ0n) is 7.91. The van der Waals surface area contributed by atoms with Crippen molar-refractivity contribution in [3.05, 3.63) is 29.1 Å². The van der Waals surface area contributed by atoms with Crippen molar-refractivity contribution < 1.29 is 9.47 Å². The lowest BCUT2D eigenvalue weighted by atomic mass is 10.1. The summed E-state index contributed by atoms with van der Waals surface area (Å²) < 4.78 is 10.7. The fourth-order valence-corrected chi connectivity index (χ4v) is 1.34. The van der Waals surface area contributed by atoms with Gasteiger partial charge in [-0.1, -0.05) is 0 Å². The van der Waals surface area contributed by atoms with Crippen LogP contribution < -0.4 is 0 Å². The SMILES string of the molecule is Cc1cc(C2OCCO2)cnc1C. The van der Waals surface area contributed by atoms with Crippen molar-refractivity contribution in [1.29, 1.82) is 0 Å². The van der Waals surface area contributed by atoms with Crippen molar-refractivity contribution in [3.8, 4) is 0 Å². The molecule has 70 valence electrons. The summed E-state index contributed by atoms with van der Waals surface area (Å²) in [5.74, 6) is 0. The van der Waals surface area contributed by atoms with Crippen molar-refractivity contribution in [2.24, 2.45) is 0 Å². The Bertz CT molecular complexity index is 306. The van der Waals surface area contributed by atoms with Crippen molar-refractivity contribution in [2.45, 2.75) is 20.1 Å². The molecule has 0 atom stereocenters. The molecule has 0 spiro atoms. The summed E-state index contributed by atoms with van der Waals surface area (Å²) >= 11 is 0. The first-order valence-electron chi connectivity index (χ1n) is 4.44. The van der Waals surface area contributed by atoms with Gasteiger partial charge >= 0.3 is 0 Å². The molecule has 1 aliphatic heterocycles. The third kappa shape index (κ3) is 1.71. The van der Waals surface area contributed by atoms with Crippen LogP contribution in [0.4, 0.5) is 0 Å². The summed E-state index contributed by atoms with van der Waals surface area (Å²) in [7, 11) is 0. The van der Waals surface area contributed by atoms with Gasteiger partial charge in [-0.25, -0.2) is 0 Å². The molecule has 0 aliphatic carbocycles. The summed E-state index contributed by atoms with van der Waals surface area (Å²) in [6, 6.07) is 2.07. The average molecular weight is 179 g/mol. The summed E-state index contributed by atoms with van der Waals surface area (Å²) in [4.78, 5) is 4.26. The molecule has 0 bridgehead atoms. The third-order valence-corrected chi connectivity index (χ3v) is 2.26. The molecular weight excluding hydrogens is 166 g/mol. The van der Waals surface area contributed by atoms with Crippen LogP contribution in [0.1, 0.15) is 23.1 Å². The molecule has 0 unspecified atom stereocenters. The highest BCUT2D eigenvalue weighted by atomic mass is 16.7. The van der Waals surface area contributed by atoms with E-state index in [4.69, 9.17) is 9.47 Å². The molecular formula is C10H13NO2. The average Bonchev–Trinajstić information content (AvgIpc) is 2.62. The Morgan fingerprint density at radius 1 is 1.31 bits per heavy atom. The van der Waals surface area contributed by atoms with E-state index < -0.39 is 0 Å². The fraction of sp³-hybridized carbons (Fsp3) is 0.500. The molecule has 1 saturated heterocycles. The van der Waals surface area contributed by atoms with E-state index >= 15 is 0 Å². The number of aromatic nitrogens is 1. The Labute approximate surface area is 77.7 Å². The van der Waals surface area contributed by atoms with Gasteiger partial charge in [0.25, 0.3) is 0 Å². The lowest BCUT2D eigenvalue weighted by Crippen LogP contribution is -2.00. The lowest BCUT2D eigenvalue weighted by molar-refractivity contribution is -0.0443. The van der Waals surface area contributed by atoms with Crippen LogP contribution in [0.25, 0.3) is 0 Å². The Hall–Kier alpha value is -0.930. The van der Waals surface area contributed by atoms with E-state index in [1.165, 1.54) is 5.56 Å². The van der Waals surface area contributed by atoms with Gasteiger partial charge in [0, 0.05) is 17.5 Å². The van der Waals surface area contributed by atoms with E-state index in [-0.39, 0.29) is 6.29 Å². The van der Waals surface area contributed by atoms with Crippen LogP contribution in [0.5, 0.6) is 0 Å².